The molecule has 2 aromatic carbocycles. The summed E-state index contributed by atoms with van der Waals surface area (Å²) in [6.45, 7) is 1.83. The van der Waals surface area contributed by atoms with E-state index in [0.29, 0.717) is 27.9 Å². The van der Waals surface area contributed by atoms with Gasteiger partial charge in [-0.1, -0.05) is 23.7 Å². The third-order valence-electron chi connectivity index (χ3n) is 5.00. The standard InChI is InChI=1S/C22H13ClF2N4O/c1-12-20(13-2-4-14(24)5-3-13)21-26-11-16-19(29(21)27-12)8-9-28(22(16)30)15-6-7-18(25)17(23)10-15/h2-11H,1H3. The highest BCUT2D eigenvalue weighted by Crippen LogP contribution is 2.29. The van der Waals surface area contributed by atoms with Gasteiger partial charge in [-0.05, 0) is 48.9 Å². The minimum atomic E-state index is -0.557. The minimum Gasteiger partial charge on any atom is -0.284 e. The summed E-state index contributed by atoms with van der Waals surface area (Å²) in [5.74, 6) is -0.884. The number of fused-ring (bicyclic) bond motifs is 3. The van der Waals surface area contributed by atoms with E-state index in [4.69, 9.17) is 11.6 Å². The van der Waals surface area contributed by atoms with Crippen molar-refractivity contribution in [2.24, 2.45) is 0 Å². The van der Waals surface area contributed by atoms with Gasteiger partial charge < -0.3 is 0 Å². The average molecular weight is 423 g/mol. The molecule has 0 bridgehead atoms. The summed E-state index contributed by atoms with van der Waals surface area (Å²) in [4.78, 5) is 17.5. The molecule has 0 amide bonds. The number of benzene rings is 2. The molecular weight excluding hydrogens is 410 g/mol. The van der Waals surface area contributed by atoms with Crippen LogP contribution in [-0.2, 0) is 0 Å². The second-order valence-electron chi connectivity index (χ2n) is 6.85. The predicted molar refractivity (Wildman–Crippen MR) is 111 cm³/mol. The van der Waals surface area contributed by atoms with E-state index in [9.17, 15) is 13.6 Å². The Kier molecular flexibility index (Phi) is 4.15. The number of nitrogens with zero attached hydrogens (tertiary/aromatic N) is 4. The molecule has 0 N–H and O–H groups in total. The molecule has 0 unspecified atom stereocenters. The fraction of sp³-hybridized carbons (Fsp3) is 0.0455. The first-order valence-electron chi connectivity index (χ1n) is 9.05. The van der Waals surface area contributed by atoms with Crippen LogP contribution in [0.4, 0.5) is 8.78 Å². The van der Waals surface area contributed by atoms with Crippen molar-refractivity contribution in [2.75, 3.05) is 0 Å². The maximum absolute atomic E-state index is 13.5. The summed E-state index contributed by atoms with van der Waals surface area (Å²) in [7, 11) is 0. The van der Waals surface area contributed by atoms with E-state index in [-0.39, 0.29) is 16.4 Å². The highest BCUT2D eigenvalue weighted by atomic mass is 35.5. The van der Waals surface area contributed by atoms with E-state index in [1.165, 1.54) is 41.1 Å². The second-order valence-corrected chi connectivity index (χ2v) is 7.26. The Morgan fingerprint density at radius 1 is 1.03 bits per heavy atom. The average Bonchev–Trinajstić information content (AvgIpc) is 3.07. The zero-order valence-electron chi connectivity index (χ0n) is 15.6. The smallest absolute Gasteiger partial charge is 0.266 e. The third kappa shape index (κ3) is 2.78. The lowest BCUT2D eigenvalue weighted by Gasteiger charge is -2.09. The lowest BCUT2D eigenvalue weighted by molar-refractivity contribution is 0.627. The van der Waals surface area contributed by atoms with E-state index in [1.807, 2.05) is 6.92 Å². The number of pyridine rings is 1. The van der Waals surface area contributed by atoms with E-state index in [0.717, 1.165) is 11.1 Å². The monoisotopic (exact) mass is 422 g/mol. The second kappa shape index (κ2) is 6.74. The molecule has 3 aromatic heterocycles. The van der Waals surface area contributed by atoms with Gasteiger partial charge in [-0.15, -0.1) is 0 Å². The molecule has 0 saturated carbocycles. The number of hydrogen-bond donors (Lipinski definition) is 0. The summed E-state index contributed by atoms with van der Waals surface area (Å²) < 4.78 is 29.8. The Balaban J connectivity index is 1.74. The van der Waals surface area contributed by atoms with Gasteiger partial charge in [0.05, 0.1) is 27.3 Å². The normalized spacial score (nSPS) is 11.5. The van der Waals surface area contributed by atoms with Crippen LogP contribution in [-0.4, -0.2) is 19.2 Å². The molecule has 5 aromatic rings. The van der Waals surface area contributed by atoms with Crippen molar-refractivity contribution in [3.8, 4) is 16.8 Å². The Labute approximate surface area is 173 Å². The fourth-order valence-corrected chi connectivity index (χ4v) is 3.74. The molecule has 0 saturated heterocycles. The fourth-order valence-electron chi connectivity index (χ4n) is 3.57. The quantitative estimate of drug-likeness (QED) is 0.405. The van der Waals surface area contributed by atoms with Crippen LogP contribution in [0.3, 0.4) is 0 Å². The number of halogens is 3. The van der Waals surface area contributed by atoms with Crippen LogP contribution in [0.2, 0.25) is 5.02 Å². The zero-order valence-corrected chi connectivity index (χ0v) is 16.4. The van der Waals surface area contributed by atoms with Gasteiger partial charge in [0, 0.05) is 18.0 Å². The van der Waals surface area contributed by atoms with Gasteiger partial charge in [-0.25, -0.2) is 18.3 Å². The molecule has 0 fully saturated rings. The van der Waals surface area contributed by atoms with Crippen LogP contribution in [0.25, 0.3) is 33.4 Å². The maximum Gasteiger partial charge on any atom is 0.266 e. The van der Waals surface area contributed by atoms with Crippen molar-refractivity contribution < 1.29 is 8.78 Å². The van der Waals surface area contributed by atoms with E-state index >= 15 is 0 Å². The van der Waals surface area contributed by atoms with Crippen molar-refractivity contribution in [3.05, 3.63) is 93.6 Å². The van der Waals surface area contributed by atoms with Gasteiger partial charge >= 0.3 is 0 Å². The molecule has 0 aliphatic heterocycles. The third-order valence-corrected chi connectivity index (χ3v) is 5.29. The van der Waals surface area contributed by atoms with Crippen molar-refractivity contribution in [1.82, 2.24) is 19.2 Å². The molecule has 30 heavy (non-hydrogen) atoms. The van der Waals surface area contributed by atoms with Crippen LogP contribution in [0.15, 0.2) is 65.7 Å². The lowest BCUT2D eigenvalue weighted by Crippen LogP contribution is -2.19. The van der Waals surface area contributed by atoms with Crippen LogP contribution in [0, 0.1) is 18.6 Å². The number of aryl methyl sites for hydroxylation is 1. The van der Waals surface area contributed by atoms with Crippen LogP contribution in [0.1, 0.15) is 5.69 Å². The largest absolute Gasteiger partial charge is 0.284 e. The van der Waals surface area contributed by atoms with Crippen molar-refractivity contribution in [3.63, 3.8) is 0 Å². The number of aromatic nitrogens is 4. The molecule has 0 radical (unpaired) electrons. The Bertz CT molecular complexity index is 1510. The molecule has 148 valence electrons. The first kappa shape index (κ1) is 18.4. The Morgan fingerprint density at radius 2 is 1.80 bits per heavy atom. The first-order valence-corrected chi connectivity index (χ1v) is 9.43. The van der Waals surface area contributed by atoms with Crippen LogP contribution < -0.4 is 5.56 Å². The summed E-state index contributed by atoms with van der Waals surface area (Å²) >= 11 is 5.86. The summed E-state index contributed by atoms with van der Waals surface area (Å²) in [5, 5.41) is 4.83. The topological polar surface area (TPSA) is 52.2 Å². The molecule has 5 nitrogen and oxygen atoms in total. The van der Waals surface area contributed by atoms with Gasteiger partial charge in [0.2, 0.25) is 0 Å². The summed E-state index contributed by atoms with van der Waals surface area (Å²) in [6, 6.07) is 11.9. The molecule has 0 atom stereocenters. The SMILES string of the molecule is Cc1nn2c(ncc3c(=O)n(-c4ccc(F)c(Cl)c4)ccc32)c1-c1ccc(F)cc1. The first-order chi connectivity index (χ1) is 14.4. The summed E-state index contributed by atoms with van der Waals surface area (Å²) in [6.07, 6.45) is 3.07. The van der Waals surface area contributed by atoms with E-state index in [2.05, 4.69) is 10.1 Å². The summed E-state index contributed by atoms with van der Waals surface area (Å²) in [5.41, 5.74) is 3.50. The Morgan fingerprint density at radius 3 is 2.53 bits per heavy atom. The van der Waals surface area contributed by atoms with E-state index in [1.54, 1.807) is 28.9 Å². The number of hydrogen-bond acceptors (Lipinski definition) is 3. The Hall–Kier alpha value is -3.58. The lowest BCUT2D eigenvalue weighted by atomic mass is 10.1. The molecule has 3 heterocycles. The highest BCUT2D eigenvalue weighted by molar-refractivity contribution is 6.30. The molecule has 0 aliphatic carbocycles. The molecular formula is C22H13ClF2N4O. The van der Waals surface area contributed by atoms with Crippen molar-refractivity contribution in [1.29, 1.82) is 0 Å². The van der Waals surface area contributed by atoms with Gasteiger partial charge in [-0.3, -0.25) is 9.36 Å². The zero-order chi connectivity index (χ0) is 21.0. The van der Waals surface area contributed by atoms with Gasteiger partial charge in [0.15, 0.2) is 5.65 Å². The molecule has 0 aliphatic rings. The van der Waals surface area contributed by atoms with Crippen LogP contribution in [0.5, 0.6) is 0 Å². The maximum atomic E-state index is 13.5. The van der Waals surface area contributed by atoms with Crippen molar-refractivity contribution in [2.45, 2.75) is 6.92 Å². The van der Waals surface area contributed by atoms with E-state index < -0.39 is 5.82 Å². The van der Waals surface area contributed by atoms with Crippen molar-refractivity contribution >= 4 is 28.2 Å². The number of rotatable bonds is 2. The van der Waals surface area contributed by atoms with Gasteiger partial charge in [0.25, 0.3) is 5.56 Å². The predicted octanol–water partition coefficient (Wildman–Crippen LogP) is 4.94. The van der Waals surface area contributed by atoms with Gasteiger partial charge in [-0.2, -0.15) is 5.10 Å². The van der Waals surface area contributed by atoms with Gasteiger partial charge in [0.1, 0.15) is 11.6 Å². The molecule has 8 heteroatoms. The van der Waals surface area contributed by atoms with Crippen LogP contribution >= 0.6 is 11.6 Å². The molecule has 5 rings (SSSR count). The molecule has 0 spiro atoms. The highest BCUT2D eigenvalue weighted by Gasteiger charge is 2.17. The minimum absolute atomic E-state index is 0.0697.